The minimum absolute atomic E-state index is 0.0662. The summed E-state index contributed by atoms with van der Waals surface area (Å²) in [6.07, 6.45) is 8.21. The highest BCUT2D eigenvalue weighted by Gasteiger charge is 2.36. The van der Waals surface area contributed by atoms with E-state index in [4.69, 9.17) is 0 Å². The summed E-state index contributed by atoms with van der Waals surface area (Å²) in [4.78, 5) is 3.56. The quantitative estimate of drug-likeness (QED) is 0.696. The van der Waals surface area contributed by atoms with Gasteiger partial charge in [-0.3, -0.25) is 0 Å². The number of aromatic amines is 1. The highest BCUT2D eigenvalue weighted by Crippen LogP contribution is 2.50. The summed E-state index contributed by atoms with van der Waals surface area (Å²) in [5, 5.41) is 1.14. The molecule has 1 N–H and O–H groups in total. The first-order valence-corrected chi connectivity index (χ1v) is 8.15. The number of halogens is 1. The van der Waals surface area contributed by atoms with Crippen LogP contribution in [-0.4, -0.2) is 4.98 Å². The number of benzene rings is 1. The molecule has 0 bridgehead atoms. The molecule has 1 unspecified atom stereocenters. The third-order valence-corrected chi connectivity index (χ3v) is 5.13. The van der Waals surface area contributed by atoms with E-state index in [1.165, 1.54) is 16.8 Å². The fourth-order valence-electron chi connectivity index (χ4n) is 4.33. The van der Waals surface area contributed by atoms with Crippen LogP contribution in [0.5, 0.6) is 0 Å². The van der Waals surface area contributed by atoms with E-state index in [1.54, 1.807) is 6.07 Å². The van der Waals surface area contributed by atoms with Crippen molar-refractivity contribution in [2.45, 2.75) is 45.4 Å². The molecular weight excluding hydrogens is 273 g/mol. The SMILES string of the molecule is C=CCCC1C=C2CC(C)(C)Cc3[nH]c4ccc(F)c1c4c32. The molecule has 0 amide bonds. The Kier molecular flexibility index (Phi) is 2.87. The standard InChI is InChI=1S/C20H22FN/c1-4-5-6-12-9-13-10-20(2,3)11-16-18(13)19-15(22-16)8-7-14(21)17(12)19/h4,7-9,12,22H,1,5-6,10-11H2,2-3H3. The molecule has 0 saturated carbocycles. The van der Waals surface area contributed by atoms with Crippen LogP contribution in [0.2, 0.25) is 0 Å². The van der Waals surface area contributed by atoms with Gasteiger partial charge in [0.25, 0.3) is 0 Å². The predicted octanol–water partition coefficient (Wildman–Crippen LogP) is 5.73. The Morgan fingerprint density at radius 3 is 2.95 bits per heavy atom. The Bertz CT molecular complexity index is 807. The maximum absolute atomic E-state index is 14.6. The first kappa shape index (κ1) is 13.8. The lowest BCUT2D eigenvalue weighted by molar-refractivity contribution is 0.361. The van der Waals surface area contributed by atoms with Crippen molar-refractivity contribution in [3.8, 4) is 0 Å². The Labute approximate surface area is 130 Å². The molecule has 1 heterocycles. The lowest BCUT2D eigenvalue weighted by Crippen LogP contribution is -2.22. The van der Waals surface area contributed by atoms with E-state index in [1.807, 2.05) is 12.1 Å². The zero-order valence-corrected chi connectivity index (χ0v) is 13.3. The van der Waals surface area contributed by atoms with E-state index in [9.17, 15) is 4.39 Å². The maximum atomic E-state index is 14.6. The first-order valence-electron chi connectivity index (χ1n) is 8.15. The molecule has 2 aromatic rings. The number of H-pyrrole nitrogens is 1. The number of rotatable bonds is 3. The van der Waals surface area contributed by atoms with Gasteiger partial charge < -0.3 is 4.98 Å². The van der Waals surface area contributed by atoms with Crippen molar-refractivity contribution in [1.82, 2.24) is 4.98 Å². The van der Waals surface area contributed by atoms with Crippen molar-refractivity contribution in [3.63, 3.8) is 0 Å². The molecular formula is C20H22FN. The third-order valence-electron chi connectivity index (χ3n) is 5.13. The second kappa shape index (κ2) is 4.58. The van der Waals surface area contributed by atoms with E-state index < -0.39 is 0 Å². The maximum Gasteiger partial charge on any atom is 0.127 e. The monoisotopic (exact) mass is 295 g/mol. The van der Waals surface area contributed by atoms with E-state index in [0.29, 0.717) is 0 Å². The van der Waals surface area contributed by atoms with Crippen LogP contribution in [0.15, 0.2) is 30.9 Å². The fraction of sp³-hybridized carbons (Fsp3) is 0.400. The van der Waals surface area contributed by atoms with Crippen molar-refractivity contribution in [2.24, 2.45) is 5.41 Å². The second-order valence-corrected chi connectivity index (χ2v) is 7.54. The van der Waals surface area contributed by atoms with Crippen molar-refractivity contribution in [3.05, 3.63) is 53.5 Å². The molecule has 0 saturated heterocycles. The van der Waals surface area contributed by atoms with Gasteiger partial charge in [-0.2, -0.15) is 0 Å². The average Bonchev–Trinajstić information content (AvgIpc) is 2.81. The van der Waals surface area contributed by atoms with Crippen LogP contribution in [0, 0.1) is 11.2 Å². The lowest BCUT2D eigenvalue weighted by atomic mass is 9.70. The summed E-state index contributed by atoms with van der Waals surface area (Å²) in [5.74, 6) is 0.102. The topological polar surface area (TPSA) is 15.8 Å². The zero-order valence-electron chi connectivity index (χ0n) is 13.3. The molecule has 2 heteroatoms. The van der Waals surface area contributed by atoms with Crippen molar-refractivity contribution in [1.29, 1.82) is 0 Å². The number of nitrogens with one attached hydrogen (secondary N) is 1. The van der Waals surface area contributed by atoms with Gasteiger partial charge >= 0.3 is 0 Å². The molecule has 4 rings (SSSR count). The van der Waals surface area contributed by atoms with Gasteiger partial charge in [-0.1, -0.05) is 26.0 Å². The molecule has 0 spiro atoms. The van der Waals surface area contributed by atoms with Crippen LogP contribution in [0.1, 0.15) is 55.8 Å². The minimum atomic E-state index is -0.0662. The molecule has 0 radical (unpaired) electrons. The van der Waals surface area contributed by atoms with Gasteiger partial charge in [-0.15, -0.1) is 6.58 Å². The largest absolute Gasteiger partial charge is 0.358 e. The van der Waals surface area contributed by atoms with Crippen molar-refractivity contribution < 1.29 is 4.39 Å². The van der Waals surface area contributed by atoms with E-state index in [0.717, 1.165) is 42.1 Å². The van der Waals surface area contributed by atoms with E-state index in [2.05, 4.69) is 31.5 Å². The highest BCUT2D eigenvalue weighted by atomic mass is 19.1. The summed E-state index contributed by atoms with van der Waals surface area (Å²) in [7, 11) is 0. The first-order chi connectivity index (χ1) is 10.5. The molecule has 0 fully saturated rings. The third kappa shape index (κ3) is 1.89. The number of aromatic nitrogens is 1. The summed E-state index contributed by atoms with van der Waals surface area (Å²) < 4.78 is 14.6. The van der Waals surface area contributed by atoms with Gasteiger partial charge in [0.15, 0.2) is 0 Å². The van der Waals surface area contributed by atoms with Crippen molar-refractivity contribution in [2.75, 3.05) is 0 Å². The number of allylic oxidation sites excluding steroid dienone is 3. The molecule has 2 aliphatic rings. The molecule has 0 aliphatic heterocycles. The fourth-order valence-corrected chi connectivity index (χ4v) is 4.33. The Hall–Kier alpha value is -1.83. The van der Waals surface area contributed by atoms with Crippen LogP contribution >= 0.6 is 0 Å². The van der Waals surface area contributed by atoms with Gasteiger partial charge in [-0.25, -0.2) is 4.39 Å². The van der Waals surface area contributed by atoms with Gasteiger partial charge in [0.2, 0.25) is 0 Å². The van der Waals surface area contributed by atoms with Crippen LogP contribution in [0.3, 0.4) is 0 Å². The molecule has 1 atom stereocenters. The van der Waals surface area contributed by atoms with E-state index in [-0.39, 0.29) is 17.2 Å². The second-order valence-electron chi connectivity index (χ2n) is 7.54. The lowest BCUT2D eigenvalue weighted by Gasteiger charge is -2.34. The molecule has 22 heavy (non-hydrogen) atoms. The zero-order chi connectivity index (χ0) is 15.5. The summed E-state index contributed by atoms with van der Waals surface area (Å²) >= 11 is 0. The molecule has 2 aliphatic carbocycles. The van der Waals surface area contributed by atoms with Gasteiger partial charge in [-0.05, 0) is 48.8 Å². The minimum Gasteiger partial charge on any atom is -0.358 e. The molecule has 114 valence electrons. The van der Waals surface area contributed by atoms with Crippen LogP contribution in [0.25, 0.3) is 16.5 Å². The van der Waals surface area contributed by atoms with Crippen LogP contribution < -0.4 is 0 Å². The summed E-state index contributed by atoms with van der Waals surface area (Å²) in [6.45, 7) is 8.45. The number of hydrogen-bond acceptors (Lipinski definition) is 0. The smallest absolute Gasteiger partial charge is 0.127 e. The number of hydrogen-bond donors (Lipinski definition) is 1. The van der Waals surface area contributed by atoms with Gasteiger partial charge in [0.1, 0.15) is 5.82 Å². The summed E-state index contributed by atoms with van der Waals surface area (Å²) in [6, 6.07) is 3.51. The van der Waals surface area contributed by atoms with E-state index >= 15 is 0 Å². The molecule has 1 nitrogen and oxygen atoms in total. The highest BCUT2D eigenvalue weighted by molar-refractivity contribution is 6.00. The van der Waals surface area contributed by atoms with Crippen molar-refractivity contribution >= 4 is 16.5 Å². The average molecular weight is 295 g/mol. The Morgan fingerprint density at radius 1 is 1.36 bits per heavy atom. The van der Waals surface area contributed by atoms with Crippen LogP contribution in [-0.2, 0) is 6.42 Å². The molecule has 1 aromatic carbocycles. The summed E-state index contributed by atoms with van der Waals surface area (Å²) in [5.41, 5.74) is 6.22. The van der Waals surface area contributed by atoms with Gasteiger partial charge in [0, 0.05) is 33.6 Å². The Morgan fingerprint density at radius 2 is 2.18 bits per heavy atom. The normalized spacial score (nSPS) is 21.8. The van der Waals surface area contributed by atoms with Gasteiger partial charge in [0.05, 0.1) is 0 Å². The predicted molar refractivity (Wildman–Crippen MR) is 90.5 cm³/mol. The van der Waals surface area contributed by atoms with Crippen LogP contribution in [0.4, 0.5) is 4.39 Å². The Balaban J connectivity index is 1.99. The molecule has 1 aromatic heterocycles.